The van der Waals surface area contributed by atoms with Crippen LogP contribution in [-0.2, 0) is 0 Å². The van der Waals surface area contributed by atoms with Crippen LogP contribution in [0.5, 0.6) is 0 Å². The molecular weight excluding hydrogens is 317 g/mol. The molecule has 4 heteroatoms. The summed E-state index contributed by atoms with van der Waals surface area (Å²) in [6.45, 7) is 18.7. The molecule has 0 aliphatic rings. The smallest absolute Gasteiger partial charge is 0.262 e. The van der Waals surface area contributed by atoms with Crippen LogP contribution in [0.3, 0.4) is 0 Å². The summed E-state index contributed by atoms with van der Waals surface area (Å²) in [6, 6.07) is 0. The van der Waals surface area contributed by atoms with Gasteiger partial charge in [0, 0.05) is 0 Å². The fraction of sp³-hybridized carbons (Fsp3) is 1.00. The Bertz CT molecular complexity index is 148. The van der Waals surface area contributed by atoms with E-state index in [-0.39, 0.29) is 24.8 Å². The topological polar surface area (TPSA) is 0 Å². The zero-order chi connectivity index (χ0) is 14.7. The monoisotopic (exact) mass is 352 g/mol. The summed E-state index contributed by atoms with van der Waals surface area (Å²) < 4.78 is 0. The van der Waals surface area contributed by atoms with E-state index in [1.807, 2.05) is 0 Å². The molecule has 120 valence electrons. The van der Waals surface area contributed by atoms with E-state index in [4.69, 9.17) is 0 Å². The van der Waals surface area contributed by atoms with Crippen molar-refractivity contribution in [3.05, 3.63) is 0 Å². The second kappa shape index (κ2) is 18.7. The van der Waals surface area contributed by atoms with Crippen molar-refractivity contribution in [1.82, 2.24) is 0 Å². The van der Waals surface area contributed by atoms with Crippen molar-refractivity contribution >= 4 is 30.4 Å². The van der Waals surface area contributed by atoms with Crippen LogP contribution in [0.4, 0.5) is 0 Å². The van der Waals surface area contributed by atoms with Crippen molar-refractivity contribution in [2.24, 2.45) is 23.7 Å². The fourth-order valence-corrected chi connectivity index (χ4v) is 6.87. The van der Waals surface area contributed by atoms with Gasteiger partial charge in [-0.25, -0.2) is 0 Å². The average Bonchev–Trinajstić information content (AvgIpc) is 2.14. The first kappa shape index (κ1) is 29.6. The molecule has 0 amide bonds. The number of rotatable bonds is 7. The summed E-state index contributed by atoms with van der Waals surface area (Å²) in [5.74, 6) is 3.62. The molecule has 0 fully saturated rings. The van der Waals surface area contributed by atoms with Gasteiger partial charge in [-0.1, -0.05) is 75.1 Å². The van der Waals surface area contributed by atoms with Gasteiger partial charge < -0.3 is 24.8 Å². The molecule has 0 aromatic rings. The Balaban J connectivity index is -0.000000158. The van der Waals surface area contributed by atoms with Crippen molar-refractivity contribution in [1.29, 1.82) is 0 Å². The molecular formula is C16H36Al2Cl2. The van der Waals surface area contributed by atoms with E-state index in [9.17, 15) is 0 Å². The minimum atomic E-state index is -0.407. The number of halogens is 2. The van der Waals surface area contributed by atoms with E-state index in [1.165, 1.54) is 5.28 Å². The minimum Gasteiger partial charge on any atom is -1.00 e. The van der Waals surface area contributed by atoms with Gasteiger partial charge in [0.05, 0.1) is 0 Å². The molecule has 0 rings (SSSR count). The zero-order valence-electron chi connectivity index (χ0n) is 15.0. The molecule has 0 saturated carbocycles. The Morgan fingerprint density at radius 3 is 0.900 bits per heavy atom. The van der Waals surface area contributed by atoms with Gasteiger partial charge >= 0.3 is 41.3 Å². The third-order valence-corrected chi connectivity index (χ3v) is 8.66. The van der Waals surface area contributed by atoms with Crippen LogP contribution in [0.1, 0.15) is 55.4 Å². The zero-order valence-corrected chi connectivity index (χ0v) is 18.9. The summed E-state index contributed by atoms with van der Waals surface area (Å²) in [4.78, 5) is 0. The van der Waals surface area contributed by atoms with E-state index < -0.39 is 14.1 Å². The van der Waals surface area contributed by atoms with Crippen molar-refractivity contribution < 1.29 is 24.8 Å². The molecule has 0 saturated heterocycles. The molecule has 0 bridgehead atoms. The maximum atomic E-state index is 2.69. The first-order valence-corrected chi connectivity index (χ1v) is 11.2. The van der Waals surface area contributed by atoms with E-state index in [2.05, 4.69) is 71.7 Å². The van der Waals surface area contributed by atoms with Crippen molar-refractivity contribution in [2.45, 2.75) is 76.5 Å². The van der Waals surface area contributed by atoms with Gasteiger partial charge in [-0.3, -0.25) is 0 Å². The summed E-state index contributed by atoms with van der Waals surface area (Å²) in [5.41, 5.74) is 0. The van der Waals surface area contributed by atoms with Gasteiger partial charge in [-0.15, -0.1) is 0 Å². The second-order valence-corrected chi connectivity index (χ2v) is 11.0. The molecule has 0 N–H and O–H groups in total. The molecule has 0 heterocycles. The molecule has 0 aliphatic heterocycles. The quantitative estimate of drug-likeness (QED) is 0.551. The predicted molar refractivity (Wildman–Crippen MR) is 90.1 cm³/mol. The Morgan fingerprint density at radius 2 is 0.800 bits per heavy atom. The molecule has 0 aromatic carbocycles. The molecule has 0 aliphatic carbocycles. The Kier molecular flexibility index (Phi) is 27.7. The van der Waals surface area contributed by atoms with Crippen molar-refractivity contribution in [3.8, 4) is 0 Å². The maximum absolute atomic E-state index is 2.69. The minimum absolute atomic E-state index is 0. The van der Waals surface area contributed by atoms with Crippen LogP contribution >= 0.6 is 0 Å². The standard InChI is InChI=1S/4C4H9.2Al.2ClH/c4*1-4(2)3;;;;/h4*4H,1H2,2-3H3;;;2*1H/q;;;;;+2;;/p-2. The van der Waals surface area contributed by atoms with E-state index in [0.29, 0.717) is 0 Å². The Morgan fingerprint density at radius 1 is 0.600 bits per heavy atom. The average molecular weight is 353 g/mol. The Hall–Kier alpha value is 1.64. The normalized spacial score (nSPS) is 10.1. The summed E-state index contributed by atoms with van der Waals surface area (Å²) in [7, 11) is 0. The molecule has 0 aromatic heterocycles. The first-order valence-electron chi connectivity index (χ1n) is 7.88. The SMILES string of the molecule is CC(C)[CH2][Al+2].CC(C)[CH2][Al]([CH2]C(C)C)[CH2]C(C)C.[Cl-].[Cl-]. The van der Waals surface area contributed by atoms with Crippen LogP contribution in [0.25, 0.3) is 0 Å². The van der Waals surface area contributed by atoms with Crippen LogP contribution in [0, 0.1) is 23.7 Å². The molecule has 0 spiro atoms. The van der Waals surface area contributed by atoms with E-state index >= 15 is 0 Å². The summed E-state index contributed by atoms with van der Waals surface area (Å²) in [5, 5.41) is 5.88. The van der Waals surface area contributed by atoms with Crippen LogP contribution in [0.15, 0.2) is 0 Å². The third-order valence-electron chi connectivity index (χ3n) is 2.89. The molecule has 20 heavy (non-hydrogen) atoms. The van der Waals surface area contributed by atoms with Crippen LogP contribution < -0.4 is 24.8 Å². The first-order chi connectivity index (χ1) is 8.18. The van der Waals surface area contributed by atoms with Crippen LogP contribution in [0.2, 0.25) is 21.1 Å². The second-order valence-electron chi connectivity index (χ2n) is 7.38. The molecule has 0 radical (unpaired) electrons. The van der Waals surface area contributed by atoms with Gasteiger partial charge in [0.2, 0.25) is 0 Å². The van der Waals surface area contributed by atoms with Crippen molar-refractivity contribution in [2.75, 3.05) is 0 Å². The van der Waals surface area contributed by atoms with Crippen molar-refractivity contribution in [3.63, 3.8) is 0 Å². The van der Waals surface area contributed by atoms with Gasteiger partial charge in [0.25, 0.3) is 14.1 Å². The fourth-order valence-electron chi connectivity index (χ4n) is 2.29. The number of hydrogen-bond donors (Lipinski definition) is 0. The van der Waals surface area contributed by atoms with Gasteiger partial charge in [0.1, 0.15) is 0 Å². The van der Waals surface area contributed by atoms with E-state index in [1.54, 1.807) is 15.8 Å². The summed E-state index contributed by atoms with van der Waals surface area (Å²) in [6.07, 6.45) is 0. The van der Waals surface area contributed by atoms with Crippen LogP contribution in [-0.4, -0.2) is 30.4 Å². The molecule has 0 unspecified atom stereocenters. The largest absolute Gasteiger partial charge is 1.00 e. The maximum Gasteiger partial charge on any atom is 0.262 e. The third kappa shape index (κ3) is 27.9. The Labute approximate surface area is 154 Å². The van der Waals surface area contributed by atoms with Gasteiger partial charge in [0.15, 0.2) is 0 Å². The van der Waals surface area contributed by atoms with Gasteiger partial charge in [-0.2, -0.15) is 0 Å². The molecule has 0 nitrogen and oxygen atoms in total. The van der Waals surface area contributed by atoms with Gasteiger partial charge in [-0.05, 0) is 0 Å². The summed E-state index contributed by atoms with van der Waals surface area (Å²) >= 11 is 2.29. The predicted octanol–water partition coefficient (Wildman–Crippen LogP) is -0.314. The molecule has 0 atom stereocenters. The number of hydrogen-bond acceptors (Lipinski definition) is 0. The van der Waals surface area contributed by atoms with E-state index in [0.717, 1.165) is 23.7 Å².